The molecule has 0 aliphatic rings. The number of hydrogen-bond acceptors (Lipinski definition) is 6. The normalized spacial score (nSPS) is 11.4. The highest BCUT2D eigenvalue weighted by atomic mass is 16.3. The number of nitrogen functional groups attached to an aromatic ring is 1. The quantitative estimate of drug-likeness (QED) is 0.421. The summed E-state index contributed by atoms with van der Waals surface area (Å²) in [6, 6.07) is 1.79. The molecule has 6 heteroatoms. The molecule has 1 aromatic heterocycles. The molecule has 0 unspecified atom stereocenters. The molecule has 0 atom stereocenters. The summed E-state index contributed by atoms with van der Waals surface area (Å²) in [4.78, 5) is 8.75. The first-order valence-corrected chi connectivity index (χ1v) is 6.70. The first-order valence-electron chi connectivity index (χ1n) is 6.70. The van der Waals surface area contributed by atoms with Gasteiger partial charge in [-0.15, -0.1) is 0 Å². The fraction of sp³-hybridized carbons (Fsp3) is 0.692. The largest absolute Gasteiger partial charge is 0.396 e. The van der Waals surface area contributed by atoms with Gasteiger partial charge in [0.2, 0.25) is 0 Å². The van der Waals surface area contributed by atoms with Crippen LogP contribution >= 0.6 is 0 Å². The van der Waals surface area contributed by atoms with Gasteiger partial charge in [0.05, 0.1) is 0 Å². The monoisotopic (exact) mass is 267 g/mol. The van der Waals surface area contributed by atoms with Crippen LogP contribution in [-0.2, 0) is 6.42 Å². The van der Waals surface area contributed by atoms with Crippen LogP contribution < -0.4 is 16.6 Å². The van der Waals surface area contributed by atoms with E-state index in [0.29, 0.717) is 5.82 Å². The standard InChI is InChI=1S/C13H25N5O/c1-4-5-10-16-11(8-12(17-10)18-14)15-9-13(2,3)6-7-19/h8,19H,4-7,9,14H2,1-3H3,(H2,15,16,17,18). The summed E-state index contributed by atoms with van der Waals surface area (Å²) in [6.07, 6.45) is 2.56. The van der Waals surface area contributed by atoms with Crippen LogP contribution in [-0.4, -0.2) is 28.2 Å². The van der Waals surface area contributed by atoms with Gasteiger partial charge in [0.1, 0.15) is 17.5 Å². The highest BCUT2D eigenvalue weighted by Gasteiger charge is 2.17. The molecule has 108 valence electrons. The molecule has 6 nitrogen and oxygen atoms in total. The summed E-state index contributed by atoms with van der Waals surface area (Å²) in [7, 11) is 0. The van der Waals surface area contributed by atoms with Gasteiger partial charge in [0.25, 0.3) is 0 Å². The SMILES string of the molecule is CCCc1nc(NN)cc(NCC(C)(C)CCO)n1. The maximum atomic E-state index is 9.02. The van der Waals surface area contributed by atoms with Gasteiger partial charge < -0.3 is 15.8 Å². The smallest absolute Gasteiger partial charge is 0.145 e. The lowest BCUT2D eigenvalue weighted by Crippen LogP contribution is -2.25. The highest BCUT2D eigenvalue weighted by Crippen LogP contribution is 2.21. The van der Waals surface area contributed by atoms with Crippen molar-refractivity contribution in [3.05, 3.63) is 11.9 Å². The molecule has 0 aromatic carbocycles. The minimum atomic E-state index is 0.0148. The van der Waals surface area contributed by atoms with Crippen LogP contribution in [0.5, 0.6) is 0 Å². The fourth-order valence-corrected chi connectivity index (χ4v) is 1.72. The number of rotatable bonds is 8. The number of aryl methyl sites for hydroxylation is 1. The van der Waals surface area contributed by atoms with Crippen LogP contribution in [0.15, 0.2) is 6.07 Å². The number of aromatic nitrogens is 2. The lowest BCUT2D eigenvalue weighted by atomic mass is 9.90. The Balaban J connectivity index is 2.74. The van der Waals surface area contributed by atoms with Gasteiger partial charge >= 0.3 is 0 Å². The number of aliphatic hydroxyl groups excluding tert-OH is 1. The minimum Gasteiger partial charge on any atom is -0.396 e. The zero-order valence-corrected chi connectivity index (χ0v) is 12.0. The van der Waals surface area contributed by atoms with Gasteiger partial charge in [-0.05, 0) is 18.3 Å². The van der Waals surface area contributed by atoms with E-state index in [1.807, 2.05) is 0 Å². The Labute approximate surface area is 114 Å². The van der Waals surface area contributed by atoms with Crippen LogP contribution in [0.3, 0.4) is 0 Å². The Bertz CT molecular complexity index is 395. The van der Waals surface area contributed by atoms with Crippen LogP contribution in [0.4, 0.5) is 11.6 Å². The second kappa shape index (κ2) is 7.25. The molecule has 5 N–H and O–H groups in total. The molecule has 19 heavy (non-hydrogen) atoms. The van der Waals surface area contributed by atoms with E-state index in [-0.39, 0.29) is 12.0 Å². The van der Waals surface area contributed by atoms with Crippen molar-refractivity contribution in [3.8, 4) is 0 Å². The van der Waals surface area contributed by atoms with Crippen LogP contribution in [0, 0.1) is 5.41 Å². The lowest BCUT2D eigenvalue weighted by Gasteiger charge is -2.24. The van der Waals surface area contributed by atoms with Crippen LogP contribution in [0.2, 0.25) is 0 Å². The van der Waals surface area contributed by atoms with E-state index in [1.165, 1.54) is 0 Å². The number of nitrogens with one attached hydrogen (secondary N) is 2. The maximum absolute atomic E-state index is 9.02. The van der Waals surface area contributed by atoms with Gasteiger partial charge in [-0.25, -0.2) is 15.8 Å². The third kappa shape index (κ3) is 5.40. The summed E-state index contributed by atoms with van der Waals surface area (Å²) in [5.74, 6) is 7.56. The van der Waals surface area contributed by atoms with E-state index < -0.39 is 0 Å². The Morgan fingerprint density at radius 2 is 2.00 bits per heavy atom. The highest BCUT2D eigenvalue weighted by molar-refractivity contribution is 5.47. The Morgan fingerprint density at radius 3 is 2.58 bits per heavy atom. The van der Waals surface area contributed by atoms with Gasteiger partial charge in [-0.1, -0.05) is 20.8 Å². The van der Waals surface area contributed by atoms with Gasteiger partial charge in [0.15, 0.2) is 0 Å². The molecule has 0 bridgehead atoms. The molecular formula is C13H25N5O. The Hall–Kier alpha value is -1.40. The third-order valence-corrected chi connectivity index (χ3v) is 2.93. The second-order valence-corrected chi connectivity index (χ2v) is 5.44. The van der Waals surface area contributed by atoms with E-state index >= 15 is 0 Å². The van der Waals surface area contributed by atoms with E-state index in [2.05, 4.69) is 41.5 Å². The molecule has 0 radical (unpaired) electrons. The average Bonchev–Trinajstić information content (AvgIpc) is 2.36. The zero-order chi connectivity index (χ0) is 14.3. The van der Waals surface area contributed by atoms with Crippen molar-refractivity contribution in [1.82, 2.24) is 9.97 Å². The van der Waals surface area contributed by atoms with E-state index in [1.54, 1.807) is 6.07 Å². The number of hydrogen-bond donors (Lipinski definition) is 4. The summed E-state index contributed by atoms with van der Waals surface area (Å²) >= 11 is 0. The molecule has 0 fully saturated rings. The van der Waals surface area contributed by atoms with E-state index in [0.717, 1.165) is 37.4 Å². The number of anilines is 2. The van der Waals surface area contributed by atoms with Crippen LogP contribution in [0.1, 0.15) is 39.4 Å². The van der Waals surface area contributed by atoms with Crippen molar-refractivity contribution >= 4 is 11.6 Å². The number of nitrogens with zero attached hydrogens (tertiary/aromatic N) is 2. The predicted octanol–water partition coefficient (Wildman–Crippen LogP) is 1.54. The molecule has 1 heterocycles. The molecule has 0 saturated carbocycles. The van der Waals surface area contributed by atoms with Crippen molar-refractivity contribution in [2.24, 2.45) is 11.3 Å². The minimum absolute atomic E-state index is 0.0148. The van der Waals surface area contributed by atoms with E-state index in [4.69, 9.17) is 10.9 Å². The second-order valence-electron chi connectivity index (χ2n) is 5.44. The molecular weight excluding hydrogens is 242 g/mol. The predicted molar refractivity (Wildman–Crippen MR) is 77.8 cm³/mol. The molecule has 0 saturated heterocycles. The summed E-state index contributed by atoms with van der Waals surface area (Å²) in [5.41, 5.74) is 2.57. The average molecular weight is 267 g/mol. The maximum Gasteiger partial charge on any atom is 0.145 e. The van der Waals surface area contributed by atoms with E-state index in [9.17, 15) is 0 Å². The van der Waals surface area contributed by atoms with Crippen molar-refractivity contribution in [2.45, 2.75) is 40.0 Å². The molecule has 1 rings (SSSR count). The third-order valence-electron chi connectivity index (χ3n) is 2.93. The molecule has 1 aromatic rings. The number of hydrazine groups is 1. The summed E-state index contributed by atoms with van der Waals surface area (Å²) in [6.45, 7) is 7.22. The Kier molecular flexibility index (Phi) is 5.98. The van der Waals surface area contributed by atoms with Crippen molar-refractivity contribution in [3.63, 3.8) is 0 Å². The number of nitrogens with two attached hydrogens (primary N) is 1. The topological polar surface area (TPSA) is 96.1 Å². The van der Waals surface area contributed by atoms with Gasteiger partial charge in [-0.2, -0.15) is 0 Å². The fourth-order valence-electron chi connectivity index (χ4n) is 1.72. The number of aliphatic hydroxyl groups is 1. The summed E-state index contributed by atoms with van der Waals surface area (Å²) < 4.78 is 0. The zero-order valence-electron chi connectivity index (χ0n) is 12.0. The molecule has 0 aliphatic heterocycles. The summed E-state index contributed by atoms with van der Waals surface area (Å²) in [5, 5.41) is 12.3. The van der Waals surface area contributed by atoms with Crippen molar-refractivity contribution in [2.75, 3.05) is 23.9 Å². The van der Waals surface area contributed by atoms with Crippen molar-refractivity contribution < 1.29 is 5.11 Å². The Morgan fingerprint density at radius 1 is 1.32 bits per heavy atom. The van der Waals surface area contributed by atoms with Crippen molar-refractivity contribution in [1.29, 1.82) is 0 Å². The van der Waals surface area contributed by atoms with Gasteiger partial charge in [-0.3, -0.25) is 0 Å². The first kappa shape index (κ1) is 15.7. The lowest BCUT2D eigenvalue weighted by molar-refractivity contribution is 0.220. The molecule has 0 amide bonds. The molecule has 0 spiro atoms. The first-order chi connectivity index (χ1) is 9.00. The van der Waals surface area contributed by atoms with Crippen LogP contribution in [0.25, 0.3) is 0 Å². The molecule has 0 aliphatic carbocycles. The van der Waals surface area contributed by atoms with Gasteiger partial charge in [0, 0.05) is 25.6 Å².